The zero-order valence-electron chi connectivity index (χ0n) is 7.59. The van der Waals surface area contributed by atoms with Crippen LogP contribution in [0.4, 0.5) is 8.78 Å². The first-order chi connectivity index (χ1) is 6.61. The van der Waals surface area contributed by atoms with E-state index in [0.717, 1.165) is 13.2 Å². The van der Waals surface area contributed by atoms with Crippen LogP contribution in [0, 0.1) is 0 Å². The fourth-order valence-electron chi connectivity index (χ4n) is 0.547. The lowest BCUT2D eigenvalue weighted by atomic mass is 10.4. The van der Waals surface area contributed by atoms with Gasteiger partial charge >= 0.3 is 11.9 Å². The third-order valence-electron chi connectivity index (χ3n) is 1.17. The van der Waals surface area contributed by atoms with Crippen molar-refractivity contribution in [3.05, 3.63) is 11.9 Å². The highest BCUT2D eigenvalue weighted by atomic mass is 19.1. The summed E-state index contributed by atoms with van der Waals surface area (Å²) in [5, 5.41) is 0. The van der Waals surface area contributed by atoms with Crippen LogP contribution in [0.25, 0.3) is 0 Å². The molecule has 6 heteroatoms. The predicted octanol–water partition coefficient (Wildman–Crippen LogP) is 0.916. The topological polar surface area (TPSA) is 52.6 Å². The van der Waals surface area contributed by atoms with Crippen molar-refractivity contribution in [2.75, 3.05) is 20.4 Å². The number of esters is 2. The van der Waals surface area contributed by atoms with Crippen LogP contribution in [-0.4, -0.2) is 32.3 Å². The Morgan fingerprint density at radius 1 is 1.36 bits per heavy atom. The molecule has 80 valence electrons. The highest BCUT2D eigenvalue weighted by Crippen LogP contribution is 2.00. The minimum Gasteiger partial charge on any atom is -0.461 e. The van der Waals surface area contributed by atoms with Crippen molar-refractivity contribution < 1.29 is 27.8 Å². The van der Waals surface area contributed by atoms with Crippen molar-refractivity contribution in [3.8, 4) is 0 Å². The van der Waals surface area contributed by atoms with Crippen molar-refractivity contribution in [3.63, 3.8) is 0 Å². The summed E-state index contributed by atoms with van der Waals surface area (Å²) in [6.45, 7) is -1.38. The van der Waals surface area contributed by atoms with E-state index in [2.05, 4.69) is 9.47 Å². The molecule has 0 heterocycles. The van der Waals surface area contributed by atoms with Crippen LogP contribution in [0.15, 0.2) is 11.9 Å². The smallest absolute Gasteiger partial charge is 0.417 e. The minimum atomic E-state index is -1.28. The summed E-state index contributed by atoms with van der Waals surface area (Å²) < 4.78 is 32.3. The van der Waals surface area contributed by atoms with Crippen molar-refractivity contribution in [1.82, 2.24) is 0 Å². The molecule has 14 heavy (non-hydrogen) atoms. The first kappa shape index (κ1) is 12.5. The van der Waals surface area contributed by atoms with Crippen LogP contribution >= 0.6 is 0 Å². The van der Waals surface area contributed by atoms with Gasteiger partial charge in [0.15, 0.2) is 0 Å². The molecular weight excluding hydrogens is 198 g/mol. The number of alkyl halides is 1. The quantitative estimate of drug-likeness (QED) is 0.509. The number of rotatable bonds is 4. The van der Waals surface area contributed by atoms with E-state index in [9.17, 15) is 18.4 Å². The Morgan fingerprint density at radius 3 is 2.50 bits per heavy atom. The third kappa shape index (κ3) is 5.23. The summed E-state index contributed by atoms with van der Waals surface area (Å²) in [7, 11) is 0.999. The SMILES string of the molecule is COC(=O)C(=O)OC/C(F)=C/CCF. The number of hydrogen-bond acceptors (Lipinski definition) is 4. The normalized spacial score (nSPS) is 10.9. The van der Waals surface area contributed by atoms with Crippen LogP contribution in [-0.2, 0) is 19.1 Å². The van der Waals surface area contributed by atoms with E-state index < -0.39 is 31.0 Å². The second kappa shape index (κ2) is 6.99. The van der Waals surface area contributed by atoms with Crippen molar-refractivity contribution in [2.24, 2.45) is 0 Å². The molecule has 0 fully saturated rings. The molecule has 0 aromatic heterocycles. The summed E-state index contributed by atoms with van der Waals surface area (Å²) >= 11 is 0. The molecule has 0 saturated heterocycles. The highest BCUT2D eigenvalue weighted by Gasteiger charge is 2.15. The Bertz CT molecular complexity index is 237. The predicted molar refractivity (Wildman–Crippen MR) is 42.8 cm³/mol. The Hall–Kier alpha value is -1.46. The Labute approximate surface area is 79.5 Å². The van der Waals surface area contributed by atoms with E-state index in [4.69, 9.17) is 0 Å². The maximum absolute atomic E-state index is 12.6. The second-order valence-corrected chi connectivity index (χ2v) is 2.20. The van der Waals surface area contributed by atoms with E-state index in [1.165, 1.54) is 0 Å². The summed E-state index contributed by atoms with van der Waals surface area (Å²) in [5.41, 5.74) is 0. The van der Waals surface area contributed by atoms with E-state index >= 15 is 0 Å². The lowest BCUT2D eigenvalue weighted by molar-refractivity contribution is -0.165. The van der Waals surface area contributed by atoms with Gasteiger partial charge in [0.25, 0.3) is 0 Å². The van der Waals surface area contributed by atoms with Gasteiger partial charge in [-0.2, -0.15) is 0 Å². The summed E-state index contributed by atoms with van der Waals surface area (Å²) in [6.07, 6.45) is 0.839. The maximum Gasteiger partial charge on any atom is 0.417 e. The van der Waals surface area contributed by atoms with Crippen molar-refractivity contribution in [1.29, 1.82) is 0 Å². The first-order valence-corrected chi connectivity index (χ1v) is 3.77. The van der Waals surface area contributed by atoms with Crippen molar-refractivity contribution in [2.45, 2.75) is 6.42 Å². The molecule has 0 saturated carbocycles. The zero-order valence-corrected chi connectivity index (χ0v) is 7.59. The molecule has 0 N–H and O–H groups in total. The molecule has 0 bridgehead atoms. The Morgan fingerprint density at radius 2 is 2.00 bits per heavy atom. The third-order valence-corrected chi connectivity index (χ3v) is 1.17. The number of allylic oxidation sites excluding steroid dienone is 1. The molecular formula is C8H10F2O4. The number of carbonyl (C=O) groups is 2. The van der Waals surface area contributed by atoms with Crippen LogP contribution in [0.3, 0.4) is 0 Å². The van der Waals surface area contributed by atoms with E-state index in [1.54, 1.807) is 0 Å². The Balaban J connectivity index is 3.82. The van der Waals surface area contributed by atoms with Gasteiger partial charge in [0.2, 0.25) is 0 Å². The molecule has 0 unspecified atom stereocenters. The Kier molecular flexibility index (Phi) is 6.26. The lowest BCUT2D eigenvalue weighted by Gasteiger charge is -2.00. The second-order valence-electron chi connectivity index (χ2n) is 2.20. The van der Waals surface area contributed by atoms with Gasteiger partial charge in [0.1, 0.15) is 12.4 Å². The van der Waals surface area contributed by atoms with Gasteiger partial charge in [-0.1, -0.05) is 0 Å². The standard InChI is InChI=1S/C8H10F2O4/c1-13-7(11)8(12)14-5-6(10)3-2-4-9/h3H,2,4-5H2,1H3/b6-3-. The maximum atomic E-state index is 12.6. The number of halogens is 2. The molecule has 0 atom stereocenters. The molecule has 0 aliphatic rings. The summed E-state index contributed by atoms with van der Waals surface area (Å²) in [5.74, 6) is -3.29. The lowest BCUT2D eigenvalue weighted by Crippen LogP contribution is -2.19. The monoisotopic (exact) mass is 208 g/mol. The van der Waals surface area contributed by atoms with Crippen LogP contribution in [0.5, 0.6) is 0 Å². The molecule has 0 aliphatic heterocycles. The number of hydrogen-bond donors (Lipinski definition) is 0. The fraction of sp³-hybridized carbons (Fsp3) is 0.500. The zero-order chi connectivity index (χ0) is 11.0. The summed E-state index contributed by atoms with van der Waals surface area (Å²) in [4.78, 5) is 21.0. The van der Waals surface area contributed by atoms with Gasteiger partial charge in [-0.3, -0.25) is 4.39 Å². The highest BCUT2D eigenvalue weighted by molar-refractivity contribution is 6.29. The molecule has 0 amide bonds. The average Bonchev–Trinajstić information content (AvgIpc) is 2.21. The largest absolute Gasteiger partial charge is 0.461 e. The fourth-order valence-corrected chi connectivity index (χ4v) is 0.547. The van der Waals surface area contributed by atoms with Gasteiger partial charge in [0.05, 0.1) is 13.8 Å². The molecule has 0 aromatic rings. The molecule has 4 nitrogen and oxygen atoms in total. The van der Waals surface area contributed by atoms with Crippen LogP contribution in [0.1, 0.15) is 6.42 Å². The minimum absolute atomic E-state index is 0.0956. The van der Waals surface area contributed by atoms with Gasteiger partial charge in [-0.15, -0.1) is 0 Å². The molecule has 0 aromatic carbocycles. The van der Waals surface area contributed by atoms with E-state index in [-0.39, 0.29) is 6.42 Å². The number of ether oxygens (including phenoxy) is 2. The molecule has 0 rings (SSSR count). The van der Waals surface area contributed by atoms with Gasteiger partial charge in [-0.05, 0) is 12.5 Å². The van der Waals surface area contributed by atoms with Gasteiger partial charge < -0.3 is 9.47 Å². The first-order valence-electron chi connectivity index (χ1n) is 3.77. The van der Waals surface area contributed by atoms with Gasteiger partial charge in [0, 0.05) is 0 Å². The van der Waals surface area contributed by atoms with Gasteiger partial charge in [-0.25, -0.2) is 14.0 Å². The molecule has 0 aliphatic carbocycles. The van der Waals surface area contributed by atoms with E-state index in [1.807, 2.05) is 0 Å². The molecule has 0 radical (unpaired) electrons. The van der Waals surface area contributed by atoms with Crippen LogP contribution < -0.4 is 0 Å². The summed E-state index contributed by atoms with van der Waals surface area (Å²) in [6, 6.07) is 0. The molecule has 0 spiro atoms. The van der Waals surface area contributed by atoms with Crippen LogP contribution in [0.2, 0.25) is 0 Å². The van der Waals surface area contributed by atoms with Crippen molar-refractivity contribution >= 4 is 11.9 Å². The number of carbonyl (C=O) groups excluding carboxylic acids is 2. The number of methoxy groups -OCH3 is 1. The average molecular weight is 208 g/mol. The van der Waals surface area contributed by atoms with E-state index in [0.29, 0.717) is 0 Å².